The highest BCUT2D eigenvalue weighted by Gasteiger charge is 2.43. The van der Waals surface area contributed by atoms with Crippen LogP contribution < -0.4 is 10.2 Å². The molecule has 2 aliphatic heterocycles. The van der Waals surface area contributed by atoms with Crippen molar-refractivity contribution in [2.24, 2.45) is 0 Å². The molecular weight excluding hydrogens is 326 g/mol. The summed E-state index contributed by atoms with van der Waals surface area (Å²) >= 11 is 1.45. The number of nitrogens with one attached hydrogen (secondary N) is 1. The van der Waals surface area contributed by atoms with Gasteiger partial charge in [-0.3, -0.25) is 14.5 Å². The summed E-state index contributed by atoms with van der Waals surface area (Å²) in [7, 11) is 0. The highest BCUT2D eigenvalue weighted by atomic mass is 32.2. The molecule has 7 heteroatoms. The number of anilines is 1. The van der Waals surface area contributed by atoms with Gasteiger partial charge in [-0.15, -0.1) is 0 Å². The summed E-state index contributed by atoms with van der Waals surface area (Å²) in [6.07, 6.45) is 0.893. The molecule has 2 heterocycles. The summed E-state index contributed by atoms with van der Waals surface area (Å²) in [5.41, 5.74) is 1.37. The smallest absolute Gasteiger partial charge is 0.324 e. The number of carbonyl (C=O) groups excluding carboxylic acids is 3. The predicted molar refractivity (Wildman–Crippen MR) is 94.1 cm³/mol. The summed E-state index contributed by atoms with van der Waals surface area (Å²) < 4.78 is 0. The van der Waals surface area contributed by atoms with Crippen LogP contribution in [0.25, 0.3) is 0 Å². The molecule has 0 unspecified atom stereocenters. The van der Waals surface area contributed by atoms with Gasteiger partial charge in [0.1, 0.15) is 5.54 Å². The molecule has 1 N–H and O–H groups in total. The summed E-state index contributed by atoms with van der Waals surface area (Å²) in [5.74, 6) is 0.757. The lowest BCUT2D eigenvalue weighted by Crippen LogP contribution is -2.40. The Morgan fingerprint density at radius 2 is 2.04 bits per heavy atom. The molecule has 24 heavy (non-hydrogen) atoms. The quantitative estimate of drug-likeness (QED) is 0.649. The maximum atomic E-state index is 12.4. The third-order valence-electron chi connectivity index (χ3n) is 4.32. The van der Waals surface area contributed by atoms with Crippen molar-refractivity contribution < 1.29 is 14.4 Å². The molecule has 0 saturated carbocycles. The van der Waals surface area contributed by atoms with Gasteiger partial charge in [-0.05, 0) is 31.9 Å². The number of carbonyl (C=O) groups is 3. The van der Waals surface area contributed by atoms with Crippen LogP contribution in [0, 0.1) is 0 Å². The Balaban J connectivity index is 1.47. The van der Waals surface area contributed by atoms with E-state index in [0.29, 0.717) is 18.1 Å². The van der Waals surface area contributed by atoms with Crippen molar-refractivity contribution in [3.05, 3.63) is 29.8 Å². The van der Waals surface area contributed by atoms with Gasteiger partial charge in [0.2, 0.25) is 5.91 Å². The number of amides is 4. The van der Waals surface area contributed by atoms with Crippen LogP contribution in [0.15, 0.2) is 24.3 Å². The van der Waals surface area contributed by atoms with Crippen molar-refractivity contribution in [1.29, 1.82) is 0 Å². The first-order chi connectivity index (χ1) is 11.4. The van der Waals surface area contributed by atoms with Crippen molar-refractivity contribution in [3.8, 4) is 0 Å². The molecule has 1 saturated heterocycles. The van der Waals surface area contributed by atoms with Gasteiger partial charge >= 0.3 is 6.03 Å². The van der Waals surface area contributed by atoms with E-state index < -0.39 is 5.54 Å². The summed E-state index contributed by atoms with van der Waals surface area (Å²) in [5, 5.41) is 2.65. The van der Waals surface area contributed by atoms with Crippen LogP contribution in [-0.4, -0.2) is 52.9 Å². The number of nitrogens with zero attached hydrogens (tertiary/aromatic N) is 2. The van der Waals surface area contributed by atoms with Crippen molar-refractivity contribution in [2.75, 3.05) is 29.5 Å². The molecule has 4 amide bonds. The molecule has 0 atom stereocenters. The Labute approximate surface area is 145 Å². The maximum absolute atomic E-state index is 12.4. The van der Waals surface area contributed by atoms with E-state index in [1.54, 1.807) is 13.8 Å². The van der Waals surface area contributed by atoms with E-state index >= 15 is 0 Å². The number of fused-ring (bicyclic) bond motifs is 1. The number of urea groups is 1. The zero-order chi connectivity index (χ0) is 17.3. The van der Waals surface area contributed by atoms with E-state index in [1.807, 2.05) is 23.1 Å². The minimum Gasteiger partial charge on any atom is -0.324 e. The van der Waals surface area contributed by atoms with Gasteiger partial charge in [0.05, 0.1) is 5.75 Å². The predicted octanol–water partition coefficient (Wildman–Crippen LogP) is 1.64. The highest BCUT2D eigenvalue weighted by molar-refractivity contribution is 7.99. The fraction of sp³-hybridized carbons (Fsp3) is 0.471. The van der Waals surface area contributed by atoms with Crippen LogP contribution in [0.4, 0.5) is 10.5 Å². The van der Waals surface area contributed by atoms with Crippen molar-refractivity contribution in [3.63, 3.8) is 0 Å². The second kappa shape index (κ2) is 6.47. The van der Waals surface area contributed by atoms with Gasteiger partial charge in [-0.25, -0.2) is 4.79 Å². The zero-order valence-corrected chi connectivity index (χ0v) is 14.7. The Kier molecular flexibility index (Phi) is 4.54. The molecule has 1 fully saturated rings. The van der Waals surface area contributed by atoms with Crippen LogP contribution in [0.5, 0.6) is 0 Å². The van der Waals surface area contributed by atoms with Gasteiger partial charge in [0.15, 0.2) is 0 Å². The van der Waals surface area contributed by atoms with Crippen molar-refractivity contribution in [2.45, 2.75) is 25.8 Å². The number of hydrogen-bond acceptors (Lipinski definition) is 4. The molecule has 0 aromatic heterocycles. The molecule has 3 rings (SSSR count). The normalized spacial score (nSPS) is 18.8. The number of para-hydroxylation sites is 1. The van der Waals surface area contributed by atoms with Gasteiger partial charge < -0.3 is 10.2 Å². The monoisotopic (exact) mass is 347 g/mol. The highest BCUT2D eigenvalue weighted by Crippen LogP contribution is 2.28. The molecule has 0 bridgehead atoms. The van der Waals surface area contributed by atoms with Crippen LogP contribution in [0.2, 0.25) is 0 Å². The lowest BCUT2D eigenvalue weighted by atomic mass is 10.1. The van der Waals surface area contributed by atoms with Crippen LogP contribution in [0.1, 0.15) is 19.4 Å². The SMILES string of the molecule is CC1(C)NC(=O)N(CCSCC(=O)N2CCc3ccccc32)C1=O. The average Bonchev–Trinajstić information content (AvgIpc) is 3.04. The van der Waals surface area contributed by atoms with E-state index in [9.17, 15) is 14.4 Å². The molecule has 0 spiro atoms. The molecule has 6 nitrogen and oxygen atoms in total. The van der Waals surface area contributed by atoms with E-state index in [4.69, 9.17) is 0 Å². The Hall–Kier alpha value is -2.02. The first kappa shape index (κ1) is 16.8. The fourth-order valence-corrected chi connectivity index (χ4v) is 3.80. The molecular formula is C17H21N3O3S. The molecule has 2 aliphatic rings. The molecule has 0 radical (unpaired) electrons. The second-order valence-electron chi connectivity index (χ2n) is 6.49. The lowest BCUT2D eigenvalue weighted by molar-refractivity contribution is -0.130. The van der Waals surface area contributed by atoms with E-state index in [2.05, 4.69) is 11.4 Å². The summed E-state index contributed by atoms with van der Waals surface area (Å²) in [4.78, 5) is 39.3. The minimum atomic E-state index is -0.836. The largest absolute Gasteiger partial charge is 0.325 e. The third-order valence-corrected chi connectivity index (χ3v) is 5.24. The van der Waals surface area contributed by atoms with Gasteiger partial charge in [-0.2, -0.15) is 11.8 Å². The van der Waals surface area contributed by atoms with Gasteiger partial charge in [-0.1, -0.05) is 18.2 Å². The number of thioether (sulfide) groups is 1. The topological polar surface area (TPSA) is 69.7 Å². The average molecular weight is 347 g/mol. The standard InChI is InChI=1S/C17H21N3O3S/c1-17(2)15(22)20(16(23)18-17)9-10-24-11-14(21)19-8-7-12-5-3-4-6-13(12)19/h3-6H,7-11H2,1-2H3,(H,18,23). The van der Waals surface area contributed by atoms with E-state index in [0.717, 1.165) is 18.7 Å². The summed E-state index contributed by atoms with van der Waals surface area (Å²) in [6, 6.07) is 7.60. The zero-order valence-electron chi connectivity index (χ0n) is 13.9. The molecule has 128 valence electrons. The maximum Gasteiger partial charge on any atom is 0.325 e. The molecule has 0 aliphatic carbocycles. The van der Waals surface area contributed by atoms with Crippen molar-refractivity contribution in [1.82, 2.24) is 10.2 Å². The minimum absolute atomic E-state index is 0.0717. The lowest BCUT2D eigenvalue weighted by Gasteiger charge is -2.18. The van der Waals surface area contributed by atoms with Crippen LogP contribution in [-0.2, 0) is 16.0 Å². The van der Waals surface area contributed by atoms with Gasteiger partial charge in [0.25, 0.3) is 5.91 Å². The molecule has 1 aromatic carbocycles. The van der Waals surface area contributed by atoms with E-state index in [-0.39, 0.29) is 17.8 Å². The van der Waals surface area contributed by atoms with E-state index in [1.165, 1.54) is 22.2 Å². The Morgan fingerprint density at radius 3 is 2.75 bits per heavy atom. The Bertz CT molecular complexity index is 689. The second-order valence-corrected chi connectivity index (χ2v) is 7.59. The first-order valence-electron chi connectivity index (χ1n) is 8.00. The molecule has 1 aromatic rings. The summed E-state index contributed by atoms with van der Waals surface area (Å²) in [6.45, 7) is 4.42. The van der Waals surface area contributed by atoms with Crippen molar-refractivity contribution >= 4 is 35.3 Å². The number of benzene rings is 1. The van der Waals surface area contributed by atoms with Crippen LogP contribution in [0.3, 0.4) is 0 Å². The van der Waals surface area contributed by atoms with Gasteiger partial charge in [0, 0.05) is 24.5 Å². The third kappa shape index (κ3) is 3.13. The fourth-order valence-electron chi connectivity index (χ4n) is 3.01. The Morgan fingerprint density at radius 1 is 1.29 bits per heavy atom. The van der Waals surface area contributed by atoms with Crippen LogP contribution >= 0.6 is 11.8 Å². The number of hydrogen-bond donors (Lipinski definition) is 1. The first-order valence-corrected chi connectivity index (χ1v) is 9.16. The number of imide groups is 1. The number of rotatable bonds is 5.